The van der Waals surface area contributed by atoms with Gasteiger partial charge in [0.25, 0.3) is 5.91 Å². The summed E-state index contributed by atoms with van der Waals surface area (Å²) >= 11 is 0. The number of ether oxygens (including phenoxy) is 2. The molecular formula is C36H47N5O8S. The number of aliphatic hydroxyl groups excluding tert-OH is 1. The lowest BCUT2D eigenvalue weighted by Gasteiger charge is -2.34. The number of fused-ring (bicyclic) bond motifs is 1. The van der Waals surface area contributed by atoms with E-state index in [4.69, 9.17) is 15.2 Å². The average Bonchev–Trinajstić information content (AvgIpc) is 3.53. The maximum Gasteiger partial charge on any atom is 0.251 e. The van der Waals surface area contributed by atoms with Gasteiger partial charge in [0, 0.05) is 30.4 Å². The fourth-order valence-electron chi connectivity index (χ4n) is 5.45. The Kier molecular flexibility index (Phi) is 12.5. The third kappa shape index (κ3) is 10.2. The molecule has 3 amide bonds. The van der Waals surface area contributed by atoms with E-state index in [2.05, 4.69) is 16.0 Å². The molecule has 0 saturated carbocycles. The van der Waals surface area contributed by atoms with Crippen molar-refractivity contribution in [1.82, 2.24) is 20.3 Å². The number of hydrogen-bond acceptors (Lipinski definition) is 9. The molecule has 0 aromatic heterocycles. The molecule has 0 bridgehead atoms. The summed E-state index contributed by atoms with van der Waals surface area (Å²) in [7, 11) is -4.11. The number of anilines is 1. The zero-order valence-corrected chi connectivity index (χ0v) is 29.8. The van der Waals surface area contributed by atoms with E-state index in [-0.39, 0.29) is 42.7 Å². The van der Waals surface area contributed by atoms with Crippen molar-refractivity contribution in [2.24, 2.45) is 11.3 Å². The van der Waals surface area contributed by atoms with Crippen LogP contribution >= 0.6 is 0 Å². The normalized spacial score (nSPS) is 14.6. The van der Waals surface area contributed by atoms with Gasteiger partial charge in [0.1, 0.15) is 6.04 Å². The second kappa shape index (κ2) is 16.4. The van der Waals surface area contributed by atoms with Crippen LogP contribution in [0, 0.1) is 11.3 Å². The number of nitrogens with zero attached hydrogens (tertiary/aromatic N) is 1. The molecule has 0 saturated heterocycles. The van der Waals surface area contributed by atoms with Crippen LogP contribution in [0.1, 0.15) is 50.5 Å². The summed E-state index contributed by atoms with van der Waals surface area (Å²) in [5.41, 5.74) is 6.46. The van der Waals surface area contributed by atoms with E-state index in [1.165, 1.54) is 28.6 Å². The number of carbonyl (C=O) groups is 3. The number of nitrogens with two attached hydrogens (primary N) is 1. The van der Waals surface area contributed by atoms with E-state index in [0.717, 1.165) is 5.56 Å². The lowest BCUT2D eigenvalue weighted by atomic mass is 9.85. The topological polar surface area (TPSA) is 189 Å². The van der Waals surface area contributed by atoms with Crippen molar-refractivity contribution in [3.8, 4) is 11.5 Å². The predicted molar refractivity (Wildman–Crippen MR) is 189 cm³/mol. The van der Waals surface area contributed by atoms with Crippen LogP contribution < -0.4 is 31.2 Å². The minimum atomic E-state index is -4.11. The molecule has 270 valence electrons. The third-order valence-electron chi connectivity index (χ3n) is 8.02. The standard InChI is InChI=1S/C36H47N5O8S/c1-23(2)20-41(50(46,47)27-14-15-30-31(18-27)49-22-48-30)21-29(42)28(16-24-10-7-6-8-11-24)39-35(45)33(36(3,4)5)40-32(43)19-38-34(44)25-12-9-13-26(37)17-25/h6-15,17-18,23,28-29,33,42H,16,19-22,37H2,1-5H3,(H,38,44)(H,39,45)(H,40,43)/t28-,29+,33+/m0/s1. The first-order chi connectivity index (χ1) is 23.5. The third-order valence-corrected chi connectivity index (χ3v) is 9.85. The monoisotopic (exact) mass is 709 g/mol. The minimum Gasteiger partial charge on any atom is -0.454 e. The van der Waals surface area contributed by atoms with Gasteiger partial charge in [0.05, 0.1) is 23.6 Å². The van der Waals surface area contributed by atoms with Gasteiger partial charge in [-0.15, -0.1) is 0 Å². The van der Waals surface area contributed by atoms with E-state index < -0.39 is 57.9 Å². The quantitative estimate of drug-likeness (QED) is 0.148. The number of nitrogen functional groups attached to an aromatic ring is 1. The summed E-state index contributed by atoms with van der Waals surface area (Å²) in [5, 5.41) is 19.8. The summed E-state index contributed by atoms with van der Waals surface area (Å²) in [6, 6.07) is 17.8. The number of sulfonamides is 1. The van der Waals surface area contributed by atoms with Gasteiger partial charge in [-0.3, -0.25) is 14.4 Å². The number of amides is 3. The highest BCUT2D eigenvalue weighted by molar-refractivity contribution is 7.89. The summed E-state index contributed by atoms with van der Waals surface area (Å²) < 4.78 is 39.8. The maximum absolute atomic E-state index is 13.9. The molecule has 3 aromatic carbocycles. The molecule has 13 nitrogen and oxygen atoms in total. The lowest BCUT2D eigenvalue weighted by Crippen LogP contribution is -2.59. The molecule has 1 aliphatic rings. The number of hydrogen-bond donors (Lipinski definition) is 5. The highest BCUT2D eigenvalue weighted by atomic mass is 32.2. The van der Waals surface area contributed by atoms with Crippen molar-refractivity contribution in [2.45, 2.75) is 64.1 Å². The van der Waals surface area contributed by atoms with Crippen LogP contribution in [-0.4, -0.2) is 80.2 Å². The summed E-state index contributed by atoms with van der Waals surface area (Å²) in [6.07, 6.45) is -1.18. The van der Waals surface area contributed by atoms with Gasteiger partial charge >= 0.3 is 0 Å². The molecule has 0 radical (unpaired) electrons. The predicted octanol–water partition coefficient (Wildman–Crippen LogP) is 2.69. The van der Waals surface area contributed by atoms with Crippen molar-refractivity contribution in [3.63, 3.8) is 0 Å². The second-order valence-electron chi connectivity index (χ2n) is 13.8. The average molecular weight is 710 g/mol. The van der Waals surface area contributed by atoms with Crippen molar-refractivity contribution in [2.75, 3.05) is 32.2 Å². The van der Waals surface area contributed by atoms with E-state index in [0.29, 0.717) is 17.2 Å². The van der Waals surface area contributed by atoms with Crippen molar-refractivity contribution in [1.29, 1.82) is 0 Å². The molecule has 0 fully saturated rings. The van der Waals surface area contributed by atoms with E-state index in [1.54, 1.807) is 39.0 Å². The van der Waals surface area contributed by atoms with E-state index in [9.17, 15) is 27.9 Å². The van der Waals surface area contributed by atoms with Gasteiger partial charge in [-0.2, -0.15) is 4.31 Å². The van der Waals surface area contributed by atoms with Gasteiger partial charge in [0.15, 0.2) is 11.5 Å². The van der Waals surface area contributed by atoms with Crippen molar-refractivity contribution in [3.05, 3.63) is 83.9 Å². The molecule has 50 heavy (non-hydrogen) atoms. The Balaban J connectivity index is 1.53. The first kappa shape index (κ1) is 38.1. The van der Waals surface area contributed by atoms with Gasteiger partial charge < -0.3 is 36.3 Å². The first-order valence-electron chi connectivity index (χ1n) is 16.4. The maximum atomic E-state index is 13.9. The second-order valence-corrected chi connectivity index (χ2v) is 15.7. The Morgan fingerprint density at radius 3 is 2.28 bits per heavy atom. The highest BCUT2D eigenvalue weighted by Gasteiger charge is 2.37. The number of benzene rings is 3. The zero-order valence-electron chi connectivity index (χ0n) is 29.0. The number of nitrogens with one attached hydrogen (secondary N) is 3. The van der Waals surface area contributed by atoms with Crippen LogP contribution in [0.3, 0.4) is 0 Å². The van der Waals surface area contributed by atoms with E-state index >= 15 is 0 Å². The molecule has 1 heterocycles. The van der Waals surface area contributed by atoms with Crippen LogP contribution in [0.2, 0.25) is 0 Å². The van der Waals surface area contributed by atoms with Crippen LogP contribution in [0.25, 0.3) is 0 Å². The smallest absolute Gasteiger partial charge is 0.251 e. The van der Waals surface area contributed by atoms with Crippen LogP contribution in [0.5, 0.6) is 11.5 Å². The Morgan fingerprint density at radius 2 is 1.62 bits per heavy atom. The molecule has 4 rings (SSSR count). The lowest BCUT2D eigenvalue weighted by molar-refractivity contribution is -0.132. The minimum absolute atomic E-state index is 0.0119. The summed E-state index contributed by atoms with van der Waals surface area (Å²) in [5.74, 6) is -1.03. The van der Waals surface area contributed by atoms with Crippen molar-refractivity contribution < 1.29 is 37.4 Å². The fraction of sp³-hybridized carbons (Fsp3) is 0.417. The Hall–Kier alpha value is -4.66. The number of rotatable bonds is 15. The van der Waals surface area contributed by atoms with Gasteiger partial charge in [0.2, 0.25) is 28.6 Å². The Labute approximate surface area is 293 Å². The van der Waals surface area contributed by atoms with Crippen LogP contribution in [0.15, 0.2) is 77.7 Å². The Morgan fingerprint density at radius 1 is 0.920 bits per heavy atom. The zero-order chi connectivity index (χ0) is 36.6. The molecule has 0 unspecified atom stereocenters. The van der Waals surface area contributed by atoms with Gasteiger partial charge in [-0.05, 0) is 53.6 Å². The highest BCUT2D eigenvalue weighted by Crippen LogP contribution is 2.35. The molecule has 0 aliphatic carbocycles. The number of carbonyl (C=O) groups excluding carboxylic acids is 3. The molecule has 0 spiro atoms. The molecule has 14 heteroatoms. The van der Waals surface area contributed by atoms with Crippen LogP contribution in [0.4, 0.5) is 5.69 Å². The van der Waals surface area contributed by atoms with E-state index in [1.807, 2.05) is 44.2 Å². The molecular weight excluding hydrogens is 662 g/mol. The largest absolute Gasteiger partial charge is 0.454 e. The number of aliphatic hydroxyl groups is 1. The molecule has 3 aromatic rings. The summed E-state index contributed by atoms with van der Waals surface area (Å²) in [4.78, 5) is 39.5. The molecule has 1 aliphatic heterocycles. The molecule has 6 N–H and O–H groups in total. The van der Waals surface area contributed by atoms with Gasteiger partial charge in [-0.25, -0.2) is 8.42 Å². The Bertz CT molecular complexity index is 1760. The fourth-order valence-corrected chi connectivity index (χ4v) is 7.09. The summed E-state index contributed by atoms with van der Waals surface area (Å²) in [6.45, 7) is 8.41. The molecule has 3 atom stereocenters. The van der Waals surface area contributed by atoms with Crippen LogP contribution in [-0.2, 0) is 26.0 Å². The SMILES string of the molecule is CC(C)CN(C[C@@H](O)[C@H](Cc1ccccc1)NC(=O)[C@@H](NC(=O)CNC(=O)c1cccc(N)c1)C(C)(C)C)S(=O)(=O)c1ccc2c(c1)OCO2. The first-order valence-corrected chi connectivity index (χ1v) is 17.8. The van der Waals surface area contributed by atoms with Gasteiger partial charge in [-0.1, -0.05) is 71.0 Å². The van der Waals surface area contributed by atoms with Crippen molar-refractivity contribution >= 4 is 33.4 Å².